The molecule has 3 N–H and O–H groups in total. The van der Waals surface area contributed by atoms with Crippen LogP contribution in [-0.2, 0) is 21.3 Å². The molecule has 1 aromatic rings. The van der Waals surface area contributed by atoms with Crippen LogP contribution in [0.3, 0.4) is 0 Å². The number of aromatic amines is 1. The van der Waals surface area contributed by atoms with Crippen LogP contribution < -0.4 is 0 Å². The number of hydrogen-bond acceptors (Lipinski definition) is 5. The van der Waals surface area contributed by atoms with E-state index in [4.69, 9.17) is 9.66 Å². The van der Waals surface area contributed by atoms with Gasteiger partial charge in [0.15, 0.2) is 0 Å². The summed E-state index contributed by atoms with van der Waals surface area (Å²) in [5.41, 5.74) is 0. The second-order valence-corrected chi connectivity index (χ2v) is 3.75. The van der Waals surface area contributed by atoms with Gasteiger partial charge in [-0.15, -0.1) is 5.10 Å². The molecule has 0 spiro atoms. The van der Waals surface area contributed by atoms with E-state index in [1.54, 1.807) is 0 Å². The molecule has 0 atom stereocenters. The third kappa shape index (κ3) is 2.78. The van der Waals surface area contributed by atoms with Crippen LogP contribution in [0.15, 0.2) is 5.16 Å². The van der Waals surface area contributed by atoms with E-state index in [0.29, 0.717) is 0 Å². The Hall–Kier alpha value is -1.48. The quantitative estimate of drug-likeness (QED) is 0.559. The number of rotatable bonds is 4. The van der Waals surface area contributed by atoms with Crippen molar-refractivity contribution >= 4 is 16.1 Å². The minimum atomic E-state index is -4.42. The molecule has 0 fully saturated rings. The smallest absolute Gasteiger partial charge is 0.332 e. The molecule has 14 heavy (non-hydrogen) atoms. The fraction of sp³-hybridized carbons (Fsp3) is 0.400. The highest BCUT2D eigenvalue weighted by molar-refractivity contribution is 7.85. The summed E-state index contributed by atoms with van der Waals surface area (Å²) in [7, 11) is -4.42. The lowest BCUT2D eigenvalue weighted by molar-refractivity contribution is -0.137. The number of nitrogens with one attached hydrogen (secondary N) is 1. The third-order valence-corrected chi connectivity index (χ3v) is 1.96. The molecule has 1 rings (SSSR count). The van der Waals surface area contributed by atoms with Gasteiger partial charge in [0.05, 0.1) is 6.42 Å². The van der Waals surface area contributed by atoms with Gasteiger partial charge in [0.1, 0.15) is 5.82 Å². The Morgan fingerprint density at radius 1 is 1.50 bits per heavy atom. The molecular formula is C5H7N3O5S. The van der Waals surface area contributed by atoms with Crippen LogP contribution in [0.5, 0.6) is 0 Å². The maximum Gasteiger partial charge on any atom is 0.332 e. The molecular weight excluding hydrogens is 214 g/mol. The Labute approximate surface area is 78.7 Å². The molecule has 1 aromatic heterocycles. The van der Waals surface area contributed by atoms with Crippen molar-refractivity contribution in [3.05, 3.63) is 5.82 Å². The first-order valence-corrected chi connectivity index (χ1v) is 4.94. The largest absolute Gasteiger partial charge is 0.481 e. The fourth-order valence-corrected chi connectivity index (χ4v) is 1.12. The van der Waals surface area contributed by atoms with Crippen LogP contribution in [0.1, 0.15) is 12.2 Å². The van der Waals surface area contributed by atoms with Gasteiger partial charge in [-0.2, -0.15) is 8.42 Å². The van der Waals surface area contributed by atoms with Gasteiger partial charge in [-0.05, 0) is 0 Å². The molecule has 0 radical (unpaired) electrons. The summed E-state index contributed by atoms with van der Waals surface area (Å²) >= 11 is 0. The Kier molecular flexibility index (Phi) is 2.81. The Morgan fingerprint density at radius 2 is 2.14 bits per heavy atom. The average Bonchev–Trinajstić information content (AvgIpc) is 2.47. The maximum atomic E-state index is 10.5. The molecule has 1 heterocycles. The van der Waals surface area contributed by atoms with Crippen molar-refractivity contribution in [1.82, 2.24) is 15.2 Å². The topological polar surface area (TPSA) is 133 Å². The SMILES string of the molecule is O=C(O)CCc1nc(S(=O)(=O)O)n[nH]1. The summed E-state index contributed by atoms with van der Waals surface area (Å²) in [5.74, 6) is -0.935. The van der Waals surface area contributed by atoms with Crippen LogP contribution in [-0.4, -0.2) is 39.2 Å². The van der Waals surface area contributed by atoms with Gasteiger partial charge in [-0.25, -0.2) is 4.98 Å². The van der Waals surface area contributed by atoms with Gasteiger partial charge in [0, 0.05) is 6.42 Å². The molecule has 0 aromatic carbocycles. The van der Waals surface area contributed by atoms with E-state index in [9.17, 15) is 13.2 Å². The monoisotopic (exact) mass is 221 g/mol. The minimum absolute atomic E-state index is 0.0256. The third-order valence-electron chi connectivity index (χ3n) is 1.32. The molecule has 0 amide bonds. The van der Waals surface area contributed by atoms with Crippen LogP contribution >= 0.6 is 0 Å². The minimum Gasteiger partial charge on any atom is -0.481 e. The first kappa shape index (κ1) is 10.6. The standard InChI is InChI=1S/C5H7N3O5S/c9-4(10)2-1-3-6-5(8-7-3)14(11,12)13/h1-2H2,(H,9,10)(H,6,7,8)(H,11,12,13). The summed E-state index contributed by atoms with van der Waals surface area (Å²) < 4.78 is 29.4. The van der Waals surface area contributed by atoms with Crippen LogP contribution in [0, 0.1) is 0 Å². The number of H-pyrrole nitrogens is 1. The molecule has 0 aliphatic rings. The zero-order chi connectivity index (χ0) is 10.8. The summed E-state index contributed by atoms with van der Waals surface area (Å²) in [6, 6.07) is 0. The Bertz CT molecular complexity index is 436. The Balaban J connectivity index is 2.74. The van der Waals surface area contributed by atoms with Crippen molar-refractivity contribution in [2.45, 2.75) is 18.0 Å². The highest BCUT2D eigenvalue weighted by atomic mass is 32.2. The van der Waals surface area contributed by atoms with Gasteiger partial charge in [0.2, 0.25) is 0 Å². The van der Waals surface area contributed by atoms with Gasteiger partial charge in [-0.3, -0.25) is 14.4 Å². The summed E-state index contributed by atoms with van der Waals surface area (Å²) in [5, 5.41) is 13.0. The number of nitrogens with zero attached hydrogens (tertiary/aromatic N) is 2. The first-order valence-electron chi connectivity index (χ1n) is 3.50. The number of hydrogen-bond donors (Lipinski definition) is 3. The molecule has 0 aliphatic carbocycles. The van der Waals surface area contributed by atoms with Crippen LogP contribution in [0.4, 0.5) is 0 Å². The molecule has 0 unspecified atom stereocenters. The van der Waals surface area contributed by atoms with Crippen molar-refractivity contribution in [1.29, 1.82) is 0 Å². The average molecular weight is 221 g/mol. The number of carboxylic acids is 1. The zero-order valence-corrected chi connectivity index (χ0v) is 7.65. The van der Waals surface area contributed by atoms with E-state index in [1.165, 1.54) is 0 Å². The molecule has 9 heteroatoms. The van der Waals surface area contributed by atoms with Crippen molar-refractivity contribution in [3.8, 4) is 0 Å². The van der Waals surface area contributed by atoms with Crippen molar-refractivity contribution in [2.24, 2.45) is 0 Å². The maximum absolute atomic E-state index is 10.5. The van der Waals surface area contributed by atoms with E-state index in [2.05, 4.69) is 15.2 Å². The van der Waals surface area contributed by atoms with E-state index in [1.807, 2.05) is 0 Å². The lowest BCUT2D eigenvalue weighted by Crippen LogP contribution is -2.01. The second-order valence-electron chi connectivity index (χ2n) is 2.43. The van der Waals surface area contributed by atoms with Crippen molar-refractivity contribution in [3.63, 3.8) is 0 Å². The van der Waals surface area contributed by atoms with Crippen LogP contribution in [0.25, 0.3) is 0 Å². The summed E-state index contributed by atoms with van der Waals surface area (Å²) in [6.45, 7) is 0. The number of aryl methyl sites for hydroxylation is 1. The highest BCUT2D eigenvalue weighted by Gasteiger charge is 2.16. The predicted octanol–water partition coefficient (Wildman–Crippen LogP) is -0.931. The van der Waals surface area contributed by atoms with E-state index in [0.717, 1.165) is 0 Å². The fourth-order valence-electron chi connectivity index (χ4n) is 0.730. The van der Waals surface area contributed by atoms with Gasteiger partial charge >= 0.3 is 16.1 Å². The van der Waals surface area contributed by atoms with Crippen LogP contribution in [0.2, 0.25) is 0 Å². The van der Waals surface area contributed by atoms with Gasteiger partial charge in [-0.1, -0.05) is 0 Å². The highest BCUT2D eigenvalue weighted by Crippen LogP contribution is 2.02. The Morgan fingerprint density at radius 3 is 2.57 bits per heavy atom. The normalized spacial score (nSPS) is 11.5. The first-order chi connectivity index (χ1) is 6.39. The number of carbonyl (C=O) groups is 1. The van der Waals surface area contributed by atoms with Gasteiger partial charge in [0.25, 0.3) is 5.16 Å². The molecule has 78 valence electrons. The molecule has 0 bridgehead atoms. The van der Waals surface area contributed by atoms with E-state index >= 15 is 0 Å². The second kappa shape index (κ2) is 3.72. The van der Waals surface area contributed by atoms with Crippen molar-refractivity contribution in [2.75, 3.05) is 0 Å². The van der Waals surface area contributed by atoms with E-state index in [-0.39, 0.29) is 18.7 Å². The predicted molar refractivity (Wildman–Crippen MR) is 42.2 cm³/mol. The number of aliphatic carboxylic acids is 1. The lowest BCUT2D eigenvalue weighted by Gasteiger charge is -1.89. The summed E-state index contributed by atoms with van der Waals surface area (Å²) in [4.78, 5) is 13.5. The zero-order valence-electron chi connectivity index (χ0n) is 6.84. The summed E-state index contributed by atoms with van der Waals surface area (Å²) in [6.07, 6.45) is -0.169. The number of carboxylic acid groups (broad SMARTS) is 1. The number of aromatic nitrogens is 3. The molecule has 0 aliphatic heterocycles. The lowest BCUT2D eigenvalue weighted by atomic mass is 10.3. The molecule has 0 saturated heterocycles. The van der Waals surface area contributed by atoms with E-state index < -0.39 is 21.2 Å². The molecule has 8 nitrogen and oxygen atoms in total. The molecule has 0 saturated carbocycles. The van der Waals surface area contributed by atoms with Gasteiger partial charge < -0.3 is 5.11 Å². The van der Waals surface area contributed by atoms with Crippen molar-refractivity contribution < 1.29 is 22.9 Å².